The number of para-hydroxylation sites is 1. The Kier molecular flexibility index (Phi) is 6.58. The predicted octanol–water partition coefficient (Wildman–Crippen LogP) is 8.18. The van der Waals surface area contributed by atoms with Gasteiger partial charge >= 0.3 is 5.97 Å². The molecule has 0 bridgehead atoms. The van der Waals surface area contributed by atoms with Gasteiger partial charge in [-0.3, -0.25) is 4.79 Å². The Hall–Kier alpha value is -3.83. The highest BCUT2D eigenvalue weighted by Gasteiger charge is 2.45. The lowest BCUT2D eigenvalue weighted by atomic mass is 9.84. The molecule has 3 aromatic carbocycles. The van der Waals surface area contributed by atoms with E-state index in [0.717, 1.165) is 57.3 Å². The van der Waals surface area contributed by atoms with Crippen LogP contribution in [-0.4, -0.2) is 20.6 Å². The van der Waals surface area contributed by atoms with Crippen molar-refractivity contribution in [1.29, 1.82) is 0 Å². The fourth-order valence-corrected chi connectivity index (χ4v) is 5.69. The smallest absolute Gasteiger partial charge is 0.309 e. The van der Waals surface area contributed by atoms with Crippen molar-refractivity contribution < 1.29 is 14.6 Å². The molecule has 0 radical (unpaired) electrons. The zero-order chi connectivity index (χ0) is 28.1. The van der Waals surface area contributed by atoms with E-state index >= 15 is 0 Å². The largest absolute Gasteiger partial charge is 0.487 e. The molecule has 1 aliphatic carbocycles. The number of aromatic nitrogens is 2. The quantitative estimate of drug-likeness (QED) is 0.200. The maximum Gasteiger partial charge on any atom is 0.309 e. The Bertz CT molecular complexity index is 1730. The van der Waals surface area contributed by atoms with Crippen LogP contribution in [-0.2, 0) is 29.8 Å². The number of rotatable bonds is 9. The lowest BCUT2D eigenvalue weighted by Gasteiger charge is -2.23. The number of aliphatic carboxylic acids is 1. The number of pyridine rings is 1. The van der Waals surface area contributed by atoms with E-state index in [-0.39, 0.29) is 5.41 Å². The van der Waals surface area contributed by atoms with Crippen LogP contribution in [0.25, 0.3) is 21.8 Å². The third-order valence-electron chi connectivity index (χ3n) is 8.23. The van der Waals surface area contributed by atoms with Crippen LogP contribution in [0.15, 0.2) is 78.9 Å². The fraction of sp³-hybridized carbons (Fsp3) is 0.294. The third-order valence-corrected chi connectivity index (χ3v) is 8.48. The summed E-state index contributed by atoms with van der Waals surface area (Å²) in [6.45, 7) is 6.91. The number of ether oxygens (including phenoxy) is 1. The number of carboxylic acids is 1. The van der Waals surface area contributed by atoms with Gasteiger partial charge in [-0.15, -0.1) is 0 Å². The van der Waals surface area contributed by atoms with Crippen LogP contribution >= 0.6 is 11.6 Å². The van der Waals surface area contributed by atoms with Gasteiger partial charge in [0.25, 0.3) is 0 Å². The summed E-state index contributed by atoms with van der Waals surface area (Å²) in [6.07, 6.45) is 2.60. The van der Waals surface area contributed by atoms with Crippen LogP contribution in [0, 0.1) is 5.41 Å². The summed E-state index contributed by atoms with van der Waals surface area (Å²) in [7, 11) is 0. The first-order valence-corrected chi connectivity index (χ1v) is 14.1. The van der Waals surface area contributed by atoms with E-state index in [4.69, 9.17) is 21.3 Å². The molecule has 0 spiro atoms. The van der Waals surface area contributed by atoms with Crippen molar-refractivity contribution in [3.8, 4) is 5.75 Å². The molecule has 6 rings (SSSR count). The summed E-state index contributed by atoms with van der Waals surface area (Å²) in [4.78, 5) is 17.0. The van der Waals surface area contributed by atoms with Gasteiger partial charge in [0.2, 0.25) is 0 Å². The minimum absolute atomic E-state index is 0.0198. The summed E-state index contributed by atoms with van der Waals surface area (Å²) >= 11 is 6.16. The molecule has 40 heavy (non-hydrogen) atoms. The molecule has 1 aliphatic rings. The van der Waals surface area contributed by atoms with Gasteiger partial charge in [0.15, 0.2) is 0 Å². The van der Waals surface area contributed by atoms with Gasteiger partial charge in [0.05, 0.1) is 16.6 Å². The Morgan fingerprint density at radius 1 is 1.05 bits per heavy atom. The van der Waals surface area contributed by atoms with E-state index in [0.29, 0.717) is 24.6 Å². The Labute approximate surface area is 239 Å². The molecular weight excluding hydrogens is 520 g/mol. The van der Waals surface area contributed by atoms with Crippen molar-refractivity contribution in [2.75, 3.05) is 0 Å². The van der Waals surface area contributed by atoms with E-state index in [1.54, 1.807) is 0 Å². The molecule has 1 fully saturated rings. The lowest BCUT2D eigenvalue weighted by molar-refractivity contribution is -0.146. The Morgan fingerprint density at radius 3 is 2.52 bits per heavy atom. The molecule has 1 N–H and O–H groups in total. The standard InChI is InChI=1S/C34H33ClN2O3/c1-33(2,32(38)39)19-30-31(34(3)16-17-34)27-18-26(40-21-25-13-10-23-6-4-5-7-28(23)36-25)14-15-29(27)37(30)20-22-8-11-24(35)12-9-22/h4-15,18H,16-17,19-21H2,1-3H3,(H,38,39). The molecular formula is C34H33ClN2O3. The molecule has 5 nitrogen and oxygen atoms in total. The normalized spacial score (nSPS) is 14.5. The SMILES string of the molecule is CC(C)(Cc1c(C2(C)CC2)c2cc(OCc3ccc4ccccc4n3)ccc2n1Cc1ccc(Cl)cc1)C(=O)O. The minimum Gasteiger partial charge on any atom is -0.487 e. The molecule has 0 aliphatic heterocycles. The highest BCUT2D eigenvalue weighted by molar-refractivity contribution is 6.30. The average Bonchev–Trinajstić information content (AvgIpc) is 3.61. The molecule has 204 valence electrons. The van der Waals surface area contributed by atoms with E-state index in [9.17, 15) is 9.90 Å². The van der Waals surface area contributed by atoms with Crippen molar-refractivity contribution in [2.45, 2.75) is 58.6 Å². The summed E-state index contributed by atoms with van der Waals surface area (Å²) in [5.41, 5.74) is 5.48. The molecule has 0 amide bonds. The van der Waals surface area contributed by atoms with Crippen LogP contribution in [0.3, 0.4) is 0 Å². The van der Waals surface area contributed by atoms with Crippen molar-refractivity contribution in [3.63, 3.8) is 0 Å². The monoisotopic (exact) mass is 552 g/mol. The molecule has 6 heteroatoms. The Morgan fingerprint density at radius 2 is 1.80 bits per heavy atom. The van der Waals surface area contributed by atoms with Crippen LogP contribution in [0.4, 0.5) is 0 Å². The van der Waals surface area contributed by atoms with Crippen molar-refractivity contribution in [2.24, 2.45) is 5.41 Å². The summed E-state index contributed by atoms with van der Waals surface area (Å²) < 4.78 is 8.58. The number of nitrogens with zero attached hydrogens (tertiary/aromatic N) is 2. The summed E-state index contributed by atoms with van der Waals surface area (Å²) in [5.74, 6) is -0.0183. The molecule has 2 heterocycles. The van der Waals surface area contributed by atoms with Crippen molar-refractivity contribution >= 4 is 39.4 Å². The summed E-state index contributed by atoms with van der Waals surface area (Å²) in [6, 6.07) is 26.3. The lowest BCUT2D eigenvalue weighted by Crippen LogP contribution is -2.28. The Balaban J connectivity index is 1.42. The number of halogens is 1. The van der Waals surface area contributed by atoms with Gasteiger partial charge in [0, 0.05) is 40.0 Å². The third kappa shape index (κ3) is 5.06. The van der Waals surface area contributed by atoms with Crippen LogP contribution in [0.1, 0.15) is 56.1 Å². The topological polar surface area (TPSA) is 64.4 Å². The van der Waals surface area contributed by atoms with Gasteiger partial charge in [-0.1, -0.05) is 54.9 Å². The maximum atomic E-state index is 12.2. The number of benzene rings is 3. The van der Waals surface area contributed by atoms with Crippen LogP contribution < -0.4 is 4.74 Å². The molecule has 0 unspecified atom stereocenters. The van der Waals surface area contributed by atoms with Crippen LogP contribution in [0.2, 0.25) is 5.02 Å². The predicted molar refractivity (Wildman–Crippen MR) is 160 cm³/mol. The van der Waals surface area contributed by atoms with Gasteiger partial charge in [-0.05, 0) is 85.7 Å². The molecule has 0 atom stereocenters. The number of hydrogen-bond donors (Lipinski definition) is 1. The van der Waals surface area contributed by atoms with Gasteiger partial charge in [0.1, 0.15) is 12.4 Å². The summed E-state index contributed by atoms with van der Waals surface area (Å²) in [5, 5.41) is 13.0. The molecule has 0 saturated heterocycles. The van der Waals surface area contributed by atoms with E-state index in [1.807, 2.05) is 68.4 Å². The first-order valence-electron chi connectivity index (χ1n) is 13.7. The highest BCUT2D eigenvalue weighted by Crippen LogP contribution is 2.53. The number of carboxylic acid groups (broad SMARTS) is 1. The number of carbonyl (C=O) groups is 1. The molecule has 2 aromatic heterocycles. The van der Waals surface area contributed by atoms with E-state index in [2.05, 4.69) is 35.8 Å². The second-order valence-electron chi connectivity index (χ2n) is 11.9. The second-order valence-corrected chi connectivity index (χ2v) is 12.4. The first-order chi connectivity index (χ1) is 19.1. The van der Waals surface area contributed by atoms with Gasteiger partial charge in [-0.25, -0.2) is 4.98 Å². The number of fused-ring (bicyclic) bond motifs is 2. The average molecular weight is 553 g/mol. The van der Waals surface area contributed by atoms with E-state index in [1.165, 1.54) is 5.56 Å². The zero-order valence-electron chi connectivity index (χ0n) is 23.1. The zero-order valence-corrected chi connectivity index (χ0v) is 23.8. The maximum absolute atomic E-state index is 12.2. The van der Waals surface area contributed by atoms with Crippen molar-refractivity contribution in [3.05, 3.63) is 106 Å². The second kappa shape index (κ2) is 9.97. The molecule has 5 aromatic rings. The number of hydrogen-bond acceptors (Lipinski definition) is 3. The van der Waals surface area contributed by atoms with Gasteiger partial charge < -0.3 is 14.4 Å². The van der Waals surface area contributed by atoms with Crippen LogP contribution in [0.5, 0.6) is 5.75 Å². The molecule has 1 saturated carbocycles. The highest BCUT2D eigenvalue weighted by atomic mass is 35.5. The van der Waals surface area contributed by atoms with Gasteiger partial charge in [-0.2, -0.15) is 0 Å². The first kappa shape index (κ1) is 26.4. The van der Waals surface area contributed by atoms with E-state index < -0.39 is 11.4 Å². The van der Waals surface area contributed by atoms with Crippen molar-refractivity contribution in [1.82, 2.24) is 9.55 Å². The fourth-order valence-electron chi connectivity index (χ4n) is 5.56. The minimum atomic E-state index is -0.910.